The van der Waals surface area contributed by atoms with Crippen LogP contribution in [0.5, 0.6) is 0 Å². The molecule has 3 aromatic rings. The van der Waals surface area contributed by atoms with Gasteiger partial charge in [-0.1, -0.05) is 113 Å². The van der Waals surface area contributed by atoms with E-state index in [1.54, 1.807) is 24.3 Å². The molecule has 3 unspecified atom stereocenters. The van der Waals surface area contributed by atoms with E-state index in [-0.39, 0.29) is 23.7 Å². The molecule has 1 heterocycles. The molecule has 3 aromatic carbocycles. The number of ether oxygens (including phenoxy) is 3. The summed E-state index contributed by atoms with van der Waals surface area (Å²) in [6.07, 6.45) is 2.41. The third-order valence-corrected chi connectivity index (χ3v) is 13.5. The zero-order chi connectivity index (χ0) is 32.0. The minimum absolute atomic E-state index is 0.0267. The van der Waals surface area contributed by atoms with Crippen molar-refractivity contribution in [1.29, 1.82) is 0 Å². The van der Waals surface area contributed by atoms with E-state index in [0.29, 0.717) is 12.0 Å². The molecule has 1 aliphatic rings. The highest BCUT2D eigenvalue weighted by atomic mass is 28.4. The van der Waals surface area contributed by atoms with E-state index in [0.717, 1.165) is 0 Å². The Kier molecular flexibility index (Phi) is 11.0. The van der Waals surface area contributed by atoms with Gasteiger partial charge in [0.2, 0.25) is 0 Å². The third-order valence-electron chi connectivity index (χ3n) is 8.34. The number of aliphatic hydroxyl groups is 1. The Bertz CT molecular complexity index is 1310. The molecule has 0 bridgehead atoms. The van der Waals surface area contributed by atoms with Gasteiger partial charge in [-0.25, -0.2) is 4.79 Å². The quantitative estimate of drug-likeness (QED) is 0.147. The predicted molar refractivity (Wildman–Crippen MR) is 178 cm³/mol. The summed E-state index contributed by atoms with van der Waals surface area (Å²) < 4.78 is 25.8. The molecular weight excluding hydrogens is 568 g/mol. The van der Waals surface area contributed by atoms with E-state index < -0.39 is 38.4 Å². The lowest BCUT2D eigenvalue weighted by atomic mass is 10.0. The lowest BCUT2D eigenvalue weighted by Gasteiger charge is -2.45. The summed E-state index contributed by atoms with van der Waals surface area (Å²) in [4.78, 5) is 13.2. The van der Waals surface area contributed by atoms with E-state index in [1.165, 1.54) is 10.4 Å². The highest BCUT2D eigenvalue weighted by molar-refractivity contribution is 6.99. The first-order valence-corrected chi connectivity index (χ1v) is 17.5. The molecule has 7 heteroatoms. The second-order valence-electron chi connectivity index (χ2n) is 13.1. The first-order chi connectivity index (χ1) is 20.9. The van der Waals surface area contributed by atoms with E-state index in [2.05, 4.69) is 89.2 Å². The number of benzene rings is 3. The van der Waals surface area contributed by atoms with Crippen LogP contribution in [0.15, 0.2) is 103 Å². The van der Waals surface area contributed by atoms with Crippen molar-refractivity contribution in [2.24, 2.45) is 5.92 Å². The van der Waals surface area contributed by atoms with Crippen LogP contribution in [0.2, 0.25) is 5.04 Å². The topological polar surface area (TPSA) is 74.2 Å². The summed E-state index contributed by atoms with van der Waals surface area (Å²) in [6.45, 7) is 14.6. The smallest absolute Gasteiger partial charge is 0.338 e. The van der Waals surface area contributed by atoms with Crippen molar-refractivity contribution in [1.82, 2.24) is 0 Å². The van der Waals surface area contributed by atoms with Crippen LogP contribution in [0.3, 0.4) is 0 Å². The molecule has 236 valence electrons. The molecule has 0 radical (unpaired) electrons. The fraction of sp³-hybridized carbons (Fsp3) is 0.432. The van der Waals surface area contributed by atoms with Gasteiger partial charge in [0.1, 0.15) is 12.2 Å². The van der Waals surface area contributed by atoms with Crippen molar-refractivity contribution in [3.05, 3.63) is 109 Å². The van der Waals surface area contributed by atoms with E-state index >= 15 is 0 Å². The van der Waals surface area contributed by atoms with Gasteiger partial charge in [-0.15, -0.1) is 0 Å². The maximum Gasteiger partial charge on any atom is 0.338 e. The number of rotatable bonds is 12. The van der Waals surface area contributed by atoms with Gasteiger partial charge < -0.3 is 23.7 Å². The van der Waals surface area contributed by atoms with Crippen LogP contribution in [0.25, 0.3) is 0 Å². The van der Waals surface area contributed by atoms with Crippen LogP contribution in [0.1, 0.15) is 65.2 Å². The van der Waals surface area contributed by atoms with E-state index in [1.807, 2.05) is 38.1 Å². The predicted octanol–water partition coefficient (Wildman–Crippen LogP) is 6.27. The number of carbonyl (C=O) groups excluding carboxylic acids is 1. The average Bonchev–Trinajstić information content (AvgIpc) is 3.32. The minimum atomic E-state index is -2.76. The van der Waals surface area contributed by atoms with Gasteiger partial charge in [-0.3, -0.25) is 0 Å². The van der Waals surface area contributed by atoms with Crippen LogP contribution >= 0.6 is 0 Å². The Morgan fingerprint density at radius 2 is 1.41 bits per heavy atom. The number of aliphatic hydroxyl groups excluding tert-OH is 1. The summed E-state index contributed by atoms with van der Waals surface area (Å²) in [5, 5.41) is 12.0. The molecule has 0 aromatic heterocycles. The summed E-state index contributed by atoms with van der Waals surface area (Å²) >= 11 is 0. The highest BCUT2D eigenvalue weighted by Crippen LogP contribution is 2.38. The van der Waals surface area contributed by atoms with Crippen LogP contribution in [0, 0.1) is 5.92 Å². The standard InChI is InChI=1S/C37H48O6Si/c1-27(28(2)43-44(36(3,4)5,30-19-13-9-14-20-30)31-21-15-10-16-22-31)23-24-32(40-35(39)29-17-11-8-12-18-29)34-33(25-26-38)41-37(6,7)42-34/h8-24,27-28,32-34,38H,25-26H2,1-7H3/b24-23-/t27-,28+,32?,33?,34?/m1/s1. The molecule has 0 spiro atoms. The molecule has 4 rings (SSSR count). The molecule has 0 saturated carbocycles. The van der Waals surface area contributed by atoms with Gasteiger partial charge in [0.05, 0.1) is 11.7 Å². The van der Waals surface area contributed by atoms with Gasteiger partial charge in [0.25, 0.3) is 8.32 Å². The van der Waals surface area contributed by atoms with Gasteiger partial charge in [-0.05, 0) is 66.7 Å². The number of hydrogen-bond donors (Lipinski definition) is 1. The Balaban J connectivity index is 1.65. The van der Waals surface area contributed by atoms with Crippen LogP contribution in [-0.2, 0) is 18.6 Å². The summed E-state index contributed by atoms with van der Waals surface area (Å²) in [5.74, 6) is -1.34. The van der Waals surface area contributed by atoms with Crippen LogP contribution in [-0.4, -0.2) is 56.2 Å². The molecule has 5 atom stereocenters. The molecule has 1 saturated heterocycles. The largest absolute Gasteiger partial charge is 0.452 e. The zero-order valence-corrected chi connectivity index (χ0v) is 28.1. The Labute approximate surface area is 264 Å². The summed E-state index contributed by atoms with van der Waals surface area (Å²) in [7, 11) is -2.76. The fourth-order valence-corrected chi connectivity index (χ4v) is 10.8. The first-order valence-electron chi connectivity index (χ1n) is 15.6. The zero-order valence-electron chi connectivity index (χ0n) is 27.1. The molecule has 0 aliphatic carbocycles. The molecular formula is C37H48O6Si. The van der Waals surface area contributed by atoms with Crippen molar-refractivity contribution in [3.8, 4) is 0 Å². The van der Waals surface area contributed by atoms with Gasteiger partial charge >= 0.3 is 5.97 Å². The third kappa shape index (κ3) is 7.76. The second-order valence-corrected chi connectivity index (χ2v) is 17.4. The minimum Gasteiger partial charge on any atom is -0.452 e. The van der Waals surface area contributed by atoms with Crippen LogP contribution in [0.4, 0.5) is 0 Å². The summed E-state index contributed by atoms with van der Waals surface area (Å²) in [6, 6.07) is 30.1. The highest BCUT2D eigenvalue weighted by Gasteiger charge is 2.51. The van der Waals surface area contributed by atoms with Crippen molar-refractivity contribution in [3.63, 3.8) is 0 Å². The fourth-order valence-electron chi connectivity index (χ4n) is 5.99. The van der Waals surface area contributed by atoms with Crippen molar-refractivity contribution in [2.75, 3.05) is 6.61 Å². The molecule has 1 fully saturated rings. The maximum absolute atomic E-state index is 13.2. The molecule has 1 N–H and O–H groups in total. The maximum atomic E-state index is 13.2. The van der Waals surface area contributed by atoms with E-state index in [9.17, 15) is 9.90 Å². The lowest BCUT2D eigenvalue weighted by Crippen LogP contribution is -2.67. The Morgan fingerprint density at radius 1 is 0.886 bits per heavy atom. The van der Waals surface area contributed by atoms with Gasteiger partial charge in [0.15, 0.2) is 5.79 Å². The number of hydrogen-bond acceptors (Lipinski definition) is 6. The number of carbonyl (C=O) groups is 1. The molecule has 6 nitrogen and oxygen atoms in total. The first kappa shape index (κ1) is 33.8. The Hall–Kier alpha value is -3.07. The van der Waals surface area contributed by atoms with Crippen molar-refractivity contribution in [2.45, 2.75) is 90.1 Å². The van der Waals surface area contributed by atoms with Gasteiger partial charge in [0, 0.05) is 12.7 Å². The lowest BCUT2D eigenvalue weighted by molar-refractivity contribution is -0.153. The summed E-state index contributed by atoms with van der Waals surface area (Å²) in [5.41, 5.74) is 0.458. The Morgan fingerprint density at radius 3 is 1.91 bits per heavy atom. The normalized spacial score (nSPS) is 20.7. The average molecular weight is 617 g/mol. The van der Waals surface area contributed by atoms with Crippen molar-refractivity contribution >= 4 is 24.7 Å². The SMILES string of the molecule is C[C@H](/C=C\C(OC(=O)c1ccccc1)C1OC(C)(C)OC1CCO)[C@H](C)O[Si](c1ccccc1)(c1ccccc1)C(C)(C)C. The second kappa shape index (κ2) is 14.4. The molecule has 0 amide bonds. The van der Waals surface area contributed by atoms with Crippen molar-refractivity contribution < 1.29 is 28.5 Å². The molecule has 1 aliphatic heterocycles. The van der Waals surface area contributed by atoms with E-state index in [4.69, 9.17) is 18.6 Å². The monoisotopic (exact) mass is 616 g/mol. The number of esters is 1. The van der Waals surface area contributed by atoms with Crippen LogP contribution < -0.4 is 10.4 Å². The van der Waals surface area contributed by atoms with Gasteiger partial charge in [-0.2, -0.15) is 0 Å². The molecule has 44 heavy (non-hydrogen) atoms.